The molecule has 1 saturated heterocycles. The number of sulfonamides is 1. The smallest absolute Gasteiger partial charge is 0.244 e. The number of thioether (sulfide) groups is 1. The molecule has 23 heavy (non-hydrogen) atoms. The molecule has 0 bridgehead atoms. The lowest BCUT2D eigenvalue weighted by atomic mass is 10.2. The number of furan rings is 1. The monoisotopic (exact) mass is 391 g/mol. The Morgan fingerprint density at radius 1 is 1.22 bits per heavy atom. The fourth-order valence-corrected chi connectivity index (χ4v) is 6.00. The highest BCUT2D eigenvalue weighted by molar-refractivity contribution is 7.99. The molecule has 8 heteroatoms. The van der Waals surface area contributed by atoms with E-state index in [1.54, 1.807) is 24.1 Å². The van der Waals surface area contributed by atoms with Crippen LogP contribution in [0.2, 0.25) is 10.0 Å². The first-order chi connectivity index (χ1) is 11.0. The highest BCUT2D eigenvalue weighted by Gasteiger charge is 2.30. The largest absolute Gasteiger partial charge is 0.468 e. The van der Waals surface area contributed by atoms with E-state index in [0.717, 1.165) is 5.76 Å². The maximum absolute atomic E-state index is 12.9. The van der Waals surface area contributed by atoms with Gasteiger partial charge in [0.05, 0.1) is 16.5 Å². The van der Waals surface area contributed by atoms with Crippen molar-refractivity contribution in [2.45, 2.75) is 16.6 Å². The van der Waals surface area contributed by atoms with E-state index in [4.69, 9.17) is 27.6 Å². The van der Waals surface area contributed by atoms with Crippen LogP contribution in [-0.2, 0) is 10.0 Å². The predicted octanol–water partition coefficient (Wildman–Crippen LogP) is 4.46. The minimum Gasteiger partial charge on any atom is -0.468 e. The van der Waals surface area contributed by atoms with Crippen molar-refractivity contribution in [3.63, 3.8) is 0 Å². The molecule has 4 nitrogen and oxygen atoms in total. The molecule has 1 fully saturated rings. The van der Waals surface area contributed by atoms with Crippen LogP contribution >= 0.6 is 35.0 Å². The number of hydrogen-bond acceptors (Lipinski definition) is 4. The van der Waals surface area contributed by atoms with Gasteiger partial charge in [-0.2, -0.15) is 4.31 Å². The van der Waals surface area contributed by atoms with Crippen molar-refractivity contribution in [1.82, 2.24) is 4.31 Å². The molecule has 1 aromatic heterocycles. The van der Waals surface area contributed by atoms with Gasteiger partial charge in [0.2, 0.25) is 10.0 Å². The standard InChI is InChI=1S/C15H15Cl2NO3S2/c16-11-3-4-12(17)15(10-11)23(19,20)18-6-5-14(22-9-7-18)13-2-1-8-21-13/h1-4,8,10,14H,5-7,9H2/t14-/m0/s1. The van der Waals surface area contributed by atoms with Gasteiger partial charge in [-0.3, -0.25) is 0 Å². The molecule has 124 valence electrons. The second-order valence-electron chi connectivity index (χ2n) is 5.14. The molecule has 1 aliphatic rings. The number of halogens is 2. The van der Waals surface area contributed by atoms with Gasteiger partial charge in [0.15, 0.2) is 0 Å². The van der Waals surface area contributed by atoms with Crippen LogP contribution in [0.25, 0.3) is 0 Å². The SMILES string of the molecule is O=S(=O)(c1cc(Cl)ccc1Cl)N1CCS[C@H](c2ccco2)CC1. The van der Waals surface area contributed by atoms with E-state index in [9.17, 15) is 8.42 Å². The third-order valence-corrected chi connectivity index (χ3v) is 7.58. The summed E-state index contributed by atoms with van der Waals surface area (Å²) in [5, 5.41) is 0.708. The molecule has 3 rings (SSSR count). The van der Waals surface area contributed by atoms with Crippen LogP contribution in [0, 0.1) is 0 Å². The first-order valence-corrected chi connectivity index (χ1v) is 10.3. The summed E-state index contributed by atoms with van der Waals surface area (Å²) in [7, 11) is -3.66. The molecule has 1 aliphatic heterocycles. The number of rotatable bonds is 3. The topological polar surface area (TPSA) is 50.5 Å². The van der Waals surface area contributed by atoms with E-state index in [1.165, 1.54) is 16.4 Å². The van der Waals surface area contributed by atoms with Crippen LogP contribution in [-0.4, -0.2) is 31.6 Å². The average Bonchev–Trinajstić information content (AvgIpc) is 2.93. The van der Waals surface area contributed by atoms with Gasteiger partial charge < -0.3 is 4.42 Å². The number of benzene rings is 1. The molecule has 2 heterocycles. The minimum atomic E-state index is -3.66. The van der Waals surface area contributed by atoms with Crippen molar-refractivity contribution < 1.29 is 12.8 Å². The van der Waals surface area contributed by atoms with Gasteiger partial charge >= 0.3 is 0 Å². The maximum atomic E-state index is 12.9. The lowest BCUT2D eigenvalue weighted by Crippen LogP contribution is -2.33. The molecule has 1 atom stereocenters. The van der Waals surface area contributed by atoms with Crippen LogP contribution in [0.1, 0.15) is 17.4 Å². The van der Waals surface area contributed by atoms with Crippen molar-refractivity contribution in [2.24, 2.45) is 0 Å². The van der Waals surface area contributed by atoms with Crippen molar-refractivity contribution >= 4 is 45.0 Å². The Morgan fingerprint density at radius 2 is 2.04 bits per heavy atom. The summed E-state index contributed by atoms with van der Waals surface area (Å²) < 4.78 is 32.6. The van der Waals surface area contributed by atoms with Gasteiger partial charge in [-0.05, 0) is 36.8 Å². The Kier molecular flexibility index (Phi) is 5.28. The number of nitrogens with zero attached hydrogens (tertiary/aromatic N) is 1. The van der Waals surface area contributed by atoms with E-state index in [2.05, 4.69) is 0 Å². The first-order valence-electron chi connectivity index (χ1n) is 7.08. The Balaban J connectivity index is 1.82. The Bertz CT molecular complexity index is 778. The average molecular weight is 392 g/mol. The summed E-state index contributed by atoms with van der Waals surface area (Å²) in [5.41, 5.74) is 0. The molecule has 0 N–H and O–H groups in total. The lowest BCUT2D eigenvalue weighted by Gasteiger charge is -2.20. The Morgan fingerprint density at radius 3 is 2.78 bits per heavy atom. The molecule has 0 saturated carbocycles. The fraction of sp³-hybridized carbons (Fsp3) is 0.333. The van der Waals surface area contributed by atoms with Gasteiger partial charge in [0.1, 0.15) is 10.7 Å². The summed E-state index contributed by atoms with van der Waals surface area (Å²) in [6.07, 6.45) is 2.33. The summed E-state index contributed by atoms with van der Waals surface area (Å²) in [6.45, 7) is 0.858. The van der Waals surface area contributed by atoms with E-state index >= 15 is 0 Å². The zero-order valence-corrected chi connectivity index (χ0v) is 15.3. The first kappa shape index (κ1) is 17.2. The highest BCUT2D eigenvalue weighted by atomic mass is 35.5. The zero-order chi connectivity index (χ0) is 16.4. The Hall–Kier alpha value is -0.660. The molecular formula is C15H15Cl2NO3S2. The van der Waals surface area contributed by atoms with Crippen LogP contribution in [0.3, 0.4) is 0 Å². The highest BCUT2D eigenvalue weighted by Crippen LogP contribution is 2.36. The molecule has 0 radical (unpaired) electrons. The van der Waals surface area contributed by atoms with Crippen LogP contribution in [0.5, 0.6) is 0 Å². The molecule has 0 amide bonds. The minimum absolute atomic E-state index is 0.0631. The predicted molar refractivity (Wildman–Crippen MR) is 93.7 cm³/mol. The van der Waals surface area contributed by atoms with Gasteiger partial charge in [0, 0.05) is 23.9 Å². The van der Waals surface area contributed by atoms with Crippen molar-refractivity contribution in [2.75, 3.05) is 18.8 Å². The number of hydrogen-bond donors (Lipinski definition) is 0. The molecular weight excluding hydrogens is 377 g/mol. The van der Waals surface area contributed by atoms with E-state index < -0.39 is 10.0 Å². The van der Waals surface area contributed by atoms with E-state index in [0.29, 0.717) is 30.3 Å². The van der Waals surface area contributed by atoms with Crippen molar-refractivity contribution in [3.05, 3.63) is 52.4 Å². The summed E-state index contributed by atoms with van der Waals surface area (Å²) in [6, 6.07) is 8.26. The third kappa shape index (κ3) is 3.72. The summed E-state index contributed by atoms with van der Waals surface area (Å²) in [5.74, 6) is 1.58. The molecule has 1 aromatic carbocycles. The van der Waals surface area contributed by atoms with Gasteiger partial charge in [0.25, 0.3) is 0 Å². The third-order valence-electron chi connectivity index (χ3n) is 3.67. The van der Waals surface area contributed by atoms with E-state index in [1.807, 2.05) is 12.1 Å². The Labute approximate surface area is 149 Å². The maximum Gasteiger partial charge on any atom is 0.244 e. The normalized spacial score (nSPS) is 20.3. The molecule has 0 unspecified atom stereocenters. The molecule has 0 spiro atoms. The van der Waals surface area contributed by atoms with Crippen LogP contribution in [0.4, 0.5) is 0 Å². The summed E-state index contributed by atoms with van der Waals surface area (Å²) >= 11 is 13.7. The zero-order valence-electron chi connectivity index (χ0n) is 12.1. The lowest BCUT2D eigenvalue weighted by molar-refractivity contribution is 0.417. The molecule has 0 aliphatic carbocycles. The fourth-order valence-electron chi connectivity index (χ4n) is 2.51. The summed E-state index contributed by atoms with van der Waals surface area (Å²) in [4.78, 5) is 0.0631. The molecule has 2 aromatic rings. The van der Waals surface area contributed by atoms with Gasteiger partial charge in [-0.15, -0.1) is 11.8 Å². The second-order valence-corrected chi connectivity index (χ2v) is 9.20. The van der Waals surface area contributed by atoms with Crippen LogP contribution < -0.4 is 0 Å². The van der Waals surface area contributed by atoms with E-state index in [-0.39, 0.29) is 15.2 Å². The van der Waals surface area contributed by atoms with Crippen LogP contribution in [0.15, 0.2) is 45.9 Å². The second kappa shape index (κ2) is 7.07. The van der Waals surface area contributed by atoms with Crippen molar-refractivity contribution in [3.8, 4) is 0 Å². The quantitative estimate of drug-likeness (QED) is 0.774. The van der Waals surface area contributed by atoms with Gasteiger partial charge in [-0.25, -0.2) is 8.42 Å². The van der Waals surface area contributed by atoms with Crippen molar-refractivity contribution in [1.29, 1.82) is 0 Å². The van der Waals surface area contributed by atoms with Gasteiger partial charge in [-0.1, -0.05) is 23.2 Å².